The predicted octanol–water partition coefficient (Wildman–Crippen LogP) is 1.92. The quantitative estimate of drug-likeness (QED) is 0.555. The summed E-state index contributed by atoms with van der Waals surface area (Å²) in [6.45, 7) is 5.59. The van der Waals surface area contributed by atoms with Gasteiger partial charge in [-0.25, -0.2) is 12.7 Å². The van der Waals surface area contributed by atoms with Crippen molar-refractivity contribution in [2.75, 3.05) is 24.7 Å². The number of halogens is 1. The van der Waals surface area contributed by atoms with Crippen LogP contribution < -0.4 is 0 Å². The minimum Gasteiger partial charge on any atom is -0.212 e. The molecule has 0 saturated carbocycles. The van der Waals surface area contributed by atoms with Gasteiger partial charge in [-0.05, 0) is 24.7 Å². The molecule has 0 aromatic rings. The van der Waals surface area contributed by atoms with Crippen molar-refractivity contribution < 1.29 is 8.42 Å². The summed E-state index contributed by atoms with van der Waals surface area (Å²) < 4.78 is 25.4. The van der Waals surface area contributed by atoms with Crippen LogP contribution in [0.25, 0.3) is 0 Å². The lowest BCUT2D eigenvalue weighted by atomic mass is 10.0. The van der Waals surface area contributed by atoms with E-state index in [0.717, 1.165) is 6.42 Å². The van der Waals surface area contributed by atoms with Crippen molar-refractivity contribution in [3.8, 4) is 0 Å². The van der Waals surface area contributed by atoms with Crippen LogP contribution in [-0.2, 0) is 10.0 Å². The smallest absolute Gasteiger partial charge is 0.212 e. The van der Waals surface area contributed by atoms with Crippen LogP contribution in [0.3, 0.4) is 0 Å². The van der Waals surface area contributed by atoms with E-state index in [1.165, 1.54) is 0 Å². The maximum atomic E-state index is 11.9. The number of hydrogen-bond acceptors (Lipinski definition) is 2. The number of rotatable bonds is 5. The second-order valence-corrected chi connectivity index (χ2v) is 6.95. The molecule has 2 unspecified atom stereocenters. The fourth-order valence-electron chi connectivity index (χ4n) is 1.81. The zero-order chi connectivity index (χ0) is 11.5. The SMILES string of the molecule is CC1CN(S(=O)(=O)CCCCCl)CC1C. The van der Waals surface area contributed by atoms with Crippen LogP contribution >= 0.6 is 11.6 Å². The highest BCUT2D eigenvalue weighted by Crippen LogP contribution is 2.25. The Hall–Kier alpha value is 0.200. The third-order valence-corrected chi connectivity index (χ3v) is 5.29. The Balaban J connectivity index is 2.48. The fraction of sp³-hybridized carbons (Fsp3) is 1.00. The number of hydrogen-bond donors (Lipinski definition) is 0. The van der Waals surface area contributed by atoms with E-state index in [2.05, 4.69) is 13.8 Å². The number of sulfonamides is 1. The number of nitrogens with zero attached hydrogens (tertiary/aromatic N) is 1. The summed E-state index contributed by atoms with van der Waals surface area (Å²) in [6.07, 6.45) is 1.45. The minimum atomic E-state index is -3.02. The summed E-state index contributed by atoms with van der Waals surface area (Å²) in [5.41, 5.74) is 0. The Labute approximate surface area is 97.8 Å². The highest BCUT2D eigenvalue weighted by Gasteiger charge is 2.33. The van der Waals surface area contributed by atoms with Gasteiger partial charge in [-0.3, -0.25) is 0 Å². The fourth-order valence-corrected chi connectivity index (χ4v) is 3.75. The third kappa shape index (κ3) is 3.61. The highest BCUT2D eigenvalue weighted by molar-refractivity contribution is 7.89. The third-order valence-electron chi connectivity index (χ3n) is 3.13. The molecule has 0 N–H and O–H groups in total. The lowest BCUT2D eigenvalue weighted by molar-refractivity contribution is 0.461. The van der Waals surface area contributed by atoms with E-state index in [9.17, 15) is 8.42 Å². The molecule has 0 spiro atoms. The molecule has 1 fully saturated rings. The molecule has 0 radical (unpaired) electrons. The first-order chi connectivity index (χ1) is 6.97. The lowest BCUT2D eigenvalue weighted by Gasteiger charge is -2.15. The Bertz CT molecular complexity index is 282. The summed E-state index contributed by atoms with van der Waals surface area (Å²) in [7, 11) is -3.02. The summed E-state index contributed by atoms with van der Waals surface area (Å²) in [6, 6.07) is 0. The van der Waals surface area contributed by atoms with Gasteiger partial charge in [-0.15, -0.1) is 11.6 Å². The van der Waals surface area contributed by atoms with Crippen molar-refractivity contribution in [1.82, 2.24) is 4.31 Å². The molecule has 90 valence electrons. The van der Waals surface area contributed by atoms with Gasteiger partial charge < -0.3 is 0 Å². The monoisotopic (exact) mass is 253 g/mol. The molecule has 1 rings (SSSR count). The van der Waals surface area contributed by atoms with E-state index >= 15 is 0 Å². The normalized spacial score (nSPS) is 28.5. The Morgan fingerprint density at radius 2 is 1.73 bits per heavy atom. The van der Waals surface area contributed by atoms with Crippen molar-refractivity contribution in [1.29, 1.82) is 0 Å². The largest absolute Gasteiger partial charge is 0.214 e. The van der Waals surface area contributed by atoms with Crippen LogP contribution in [0, 0.1) is 11.8 Å². The molecule has 0 aromatic carbocycles. The summed E-state index contributed by atoms with van der Waals surface area (Å²) in [5, 5.41) is 0. The van der Waals surface area contributed by atoms with Gasteiger partial charge in [0.15, 0.2) is 0 Å². The summed E-state index contributed by atoms with van der Waals surface area (Å²) >= 11 is 5.53. The van der Waals surface area contributed by atoms with Gasteiger partial charge in [0, 0.05) is 19.0 Å². The minimum absolute atomic E-state index is 0.249. The van der Waals surface area contributed by atoms with E-state index in [1.54, 1.807) is 4.31 Å². The van der Waals surface area contributed by atoms with E-state index < -0.39 is 10.0 Å². The van der Waals surface area contributed by atoms with E-state index in [1.807, 2.05) is 0 Å². The number of alkyl halides is 1. The van der Waals surface area contributed by atoms with Gasteiger partial charge in [0.2, 0.25) is 10.0 Å². The molecule has 1 heterocycles. The molecular weight excluding hydrogens is 234 g/mol. The van der Waals surface area contributed by atoms with Crippen LogP contribution in [0.5, 0.6) is 0 Å². The molecule has 1 saturated heterocycles. The van der Waals surface area contributed by atoms with Crippen LogP contribution in [0.4, 0.5) is 0 Å². The molecule has 0 aliphatic carbocycles. The van der Waals surface area contributed by atoms with Crippen molar-refractivity contribution in [2.24, 2.45) is 11.8 Å². The molecule has 3 nitrogen and oxygen atoms in total. The van der Waals surface area contributed by atoms with E-state index in [0.29, 0.717) is 37.2 Å². The van der Waals surface area contributed by atoms with Gasteiger partial charge in [0.05, 0.1) is 5.75 Å². The molecule has 0 aromatic heterocycles. The molecule has 0 bridgehead atoms. The molecule has 5 heteroatoms. The first kappa shape index (κ1) is 13.3. The lowest BCUT2D eigenvalue weighted by Crippen LogP contribution is -2.31. The zero-order valence-corrected chi connectivity index (χ0v) is 11.0. The molecule has 2 atom stereocenters. The van der Waals surface area contributed by atoms with Gasteiger partial charge in [0.25, 0.3) is 0 Å². The van der Waals surface area contributed by atoms with Crippen LogP contribution in [-0.4, -0.2) is 37.4 Å². The van der Waals surface area contributed by atoms with Crippen molar-refractivity contribution in [3.63, 3.8) is 0 Å². The van der Waals surface area contributed by atoms with Gasteiger partial charge in [-0.2, -0.15) is 0 Å². The Morgan fingerprint density at radius 1 is 1.20 bits per heavy atom. The predicted molar refractivity (Wildman–Crippen MR) is 63.6 cm³/mol. The van der Waals surface area contributed by atoms with Crippen LogP contribution in [0.2, 0.25) is 0 Å². The average molecular weight is 254 g/mol. The maximum Gasteiger partial charge on any atom is 0.214 e. The van der Waals surface area contributed by atoms with E-state index in [-0.39, 0.29) is 5.75 Å². The molecular formula is C10H20ClNO2S. The first-order valence-electron chi connectivity index (χ1n) is 5.51. The molecule has 15 heavy (non-hydrogen) atoms. The van der Waals surface area contributed by atoms with Crippen LogP contribution in [0.1, 0.15) is 26.7 Å². The molecule has 1 aliphatic rings. The van der Waals surface area contributed by atoms with Crippen molar-refractivity contribution in [3.05, 3.63) is 0 Å². The molecule has 1 aliphatic heterocycles. The summed E-state index contributed by atoms with van der Waals surface area (Å²) in [5.74, 6) is 1.75. The van der Waals surface area contributed by atoms with Crippen LogP contribution in [0.15, 0.2) is 0 Å². The zero-order valence-electron chi connectivity index (χ0n) is 9.45. The van der Waals surface area contributed by atoms with Crippen molar-refractivity contribution in [2.45, 2.75) is 26.7 Å². The van der Waals surface area contributed by atoms with Gasteiger partial charge >= 0.3 is 0 Å². The van der Waals surface area contributed by atoms with E-state index in [4.69, 9.17) is 11.6 Å². The Morgan fingerprint density at radius 3 is 2.20 bits per heavy atom. The topological polar surface area (TPSA) is 37.4 Å². The standard InChI is InChI=1S/C10H20ClNO2S/c1-9-7-12(8-10(9)2)15(13,14)6-4-3-5-11/h9-10H,3-8H2,1-2H3. The maximum absolute atomic E-state index is 11.9. The average Bonchev–Trinajstić information content (AvgIpc) is 2.48. The first-order valence-corrected chi connectivity index (χ1v) is 7.65. The van der Waals surface area contributed by atoms with Gasteiger partial charge in [-0.1, -0.05) is 13.8 Å². The molecule has 0 amide bonds. The number of unbranched alkanes of at least 4 members (excludes halogenated alkanes) is 1. The second kappa shape index (κ2) is 5.51. The highest BCUT2D eigenvalue weighted by atomic mass is 35.5. The summed E-state index contributed by atoms with van der Waals surface area (Å²) in [4.78, 5) is 0. The Kier molecular flexibility index (Phi) is 4.87. The van der Waals surface area contributed by atoms with Crippen molar-refractivity contribution >= 4 is 21.6 Å². The second-order valence-electron chi connectivity index (χ2n) is 4.48. The van der Waals surface area contributed by atoms with Gasteiger partial charge in [0.1, 0.15) is 0 Å².